The number of nitrogens with zero attached hydrogens (tertiary/aromatic N) is 3. The van der Waals surface area contributed by atoms with Gasteiger partial charge in [0.2, 0.25) is 5.60 Å². The van der Waals surface area contributed by atoms with Crippen LogP contribution in [0.3, 0.4) is 0 Å². The van der Waals surface area contributed by atoms with Crippen LogP contribution in [0.2, 0.25) is 0 Å². The van der Waals surface area contributed by atoms with Gasteiger partial charge in [-0.15, -0.1) is 0 Å². The standard InChI is InChI=1S/C21H18N4O3/c1-24-12-11-21(28,19(24)26)10-9-14-5-4-6-15(13-14)18-16-7-2-3-8-17(16)25(23-18)20(22)27/h2-8,13,28H,11-12H2,1H3,(H2,22,27)/t21-/m0/s1. The van der Waals surface area contributed by atoms with Crippen LogP contribution >= 0.6 is 0 Å². The summed E-state index contributed by atoms with van der Waals surface area (Å²) >= 11 is 0. The molecule has 0 unspecified atom stereocenters. The molecule has 0 bridgehead atoms. The van der Waals surface area contributed by atoms with E-state index in [2.05, 4.69) is 16.9 Å². The number of para-hydroxylation sites is 1. The molecule has 4 rings (SSSR count). The fourth-order valence-corrected chi connectivity index (χ4v) is 3.34. The SMILES string of the molecule is CN1CC[C@@](O)(C#Cc2cccc(-c3nn(C(N)=O)c4ccccc34)c2)C1=O. The highest BCUT2D eigenvalue weighted by Crippen LogP contribution is 2.28. The quantitative estimate of drug-likeness (QED) is 0.631. The third-order valence-electron chi connectivity index (χ3n) is 4.86. The summed E-state index contributed by atoms with van der Waals surface area (Å²) in [6.45, 7) is 0.473. The maximum absolute atomic E-state index is 12.1. The number of carbonyl (C=O) groups excluding carboxylic acids is 2. The number of benzene rings is 2. The summed E-state index contributed by atoms with van der Waals surface area (Å²) < 4.78 is 1.17. The van der Waals surface area contributed by atoms with E-state index in [0.717, 1.165) is 10.9 Å². The summed E-state index contributed by atoms with van der Waals surface area (Å²) in [5, 5.41) is 15.6. The van der Waals surface area contributed by atoms with Gasteiger partial charge in [-0.3, -0.25) is 4.79 Å². The predicted molar refractivity (Wildman–Crippen MR) is 104 cm³/mol. The Balaban J connectivity index is 1.76. The van der Waals surface area contributed by atoms with Crippen molar-refractivity contribution in [3.63, 3.8) is 0 Å². The molecule has 1 aromatic heterocycles. The zero-order chi connectivity index (χ0) is 19.9. The lowest BCUT2D eigenvalue weighted by atomic mass is 10.0. The van der Waals surface area contributed by atoms with E-state index >= 15 is 0 Å². The Kier molecular flexibility index (Phi) is 4.13. The van der Waals surface area contributed by atoms with Crippen molar-refractivity contribution in [3.05, 3.63) is 54.1 Å². The fraction of sp³-hybridized carbons (Fsp3) is 0.190. The second-order valence-corrected chi connectivity index (χ2v) is 6.78. The second-order valence-electron chi connectivity index (χ2n) is 6.78. The van der Waals surface area contributed by atoms with Crippen LogP contribution in [0.15, 0.2) is 48.5 Å². The van der Waals surface area contributed by atoms with E-state index in [1.165, 1.54) is 9.58 Å². The van der Waals surface area contributed by atoms with E-state index in [1.54, 1.807) is 25.2 Å². The lowest BCUT2D eigenvalue weighted by Crippen LogP contribution is -2.37. The minimum Gasteiger partial charge on any atom is -0.369 e. The van der Waals surface area contributed by atoms with E-state index < -0.39 is 11.6 Å². The molecule has 7 nitrogen and oxygen atoms in total. The summed E-state index contributed by atoms with van der Waals surface area (Å²) in [4.78, 5) is 25.2. The number of primary amides is 1. The van der Waals surface area contributed by atoms with Gasteiger partial charge in [-0.1, -0.05) is 42.2 Å². The molecule has 3 N–H and O–H groups in total. The zero-order valence-electron chi connectivity index (χ0n) is 15.2. The molecule has 1 fully saturated rings. The Labute approximate surface area is 161 Å². The number of hydrogen-bond donors (Lipinski definition) is 2. The van der Waals surface area contributed by atoms with E-state index in [9.17, 15) is 14.7 Å². The number of hydrogen-bond acceptors (Lipinski definition) is 4. The van der Waals surface area contributed by atoms with Crippen molar-refractivity contribution in [2.45, 2.75) is 12.0 Å². The molecular formula is C21H18N4O3. The monoisotopic (exact) mass is 374 g/mol. The van der Waals surface area contributed by atoms with E-state index in [-0.39, 0.29) is 12.3 Å². The van der Waals surface area contributed by atoms with E-state index in [4.69, 9.17) is 5.73 Å². The highest BCUT2D eigenvalue weighted by atomic mass is 16.3. The van der Waals surface area contributed by atoms with Gasteiger partial charge in [0.15, 0.2) is 0 Å². The molecule has 140 valence electrons. The molecular weight excluding hydrogens is 356 g/mol. The van der Waals surface area contributed by atoms with Gasteiger partial charge < -0.3 is 15.7 Å². The second kappa shape index (κ2) is 6.51. The normalized spacial score (nSPS) is 18.9. The van der Waals surface area contributed by atoms with E-state index in [1.807, 2.05) is 30.3 Å². The van der Waals surface area contributed by atoms with Crippen LogP contribution < -0.4 is 5.73 Å². The van der Waals surface area contributed by atoms with Crippen LogP contribution in [0.25, 0.3) is 22.2 Å². The Hall–Kier alpha value is -3.63. The molecule has 2 heterocycles. The lowest BCUT2D eigenvalue weighted by Gasteiger charge is -2.13. The third-order valence-corrected chi connectivity index (χ3v) is 4.86. The number of likely N-dealkylation sites (tertiary alicyclic amines) is 1. The first kappa shape index (κ1) is 17.8. The molecule has 7 heteroatoms. The number of likely N-dealkylation sites (N-methyl/N-ethyl adjacent to an activating group) is 1. The maximum Gasteiger partial charge on any atom is 0.340 e. The van der Waals surface area contributed by atoms with Gasteiger partial charge in [0.1, 0.15) is 5.69 Å². The van der Waals surface area contributed by atoms with Crippen molar-refractivity contribution in [1.29, 1.82) is 0 Å². The number of rotatable bonds is 1. The van der Waals surface area contributed by atoms with Gasteiger partial charge in [0.25, 0.3) is 5.91 Å². The van der Waals surface area contributed by atoms with E-state index in [0.29, 0.717) is 23.3 Å². The molecule has 1 aliphatic rings. The summed E-state index contributed by atoms with van der Waals surface area (Å²) in [7, 11) is 1.64. The van der Waals surface area contributed by atoms with Crippen molar-refractivity contribution >= 4 is 22.8 Å². The highest BCUT2D eigenvalue weighted by Gasteiger charge is 2.42. The van der Waals surface area contributed by atoms with Crippen molar-refractivity contribution < 1.29 is 14.7 Å². The Bertz CT molecular complexity index is 1170. The molecule has 0 radical (unpaired) electrons. The van der Waals surface area contributed by atoms with Crippen LogP contribution in [-0.2, 0) is 4.79 Å². The van der Waals surface area contributed by atoms with Gasteiger partial charge in [0, 0.05) is 36.5 Å². The van der Waals surface area contributed by atoms with Gasteiger partial charge in [-0.25, -0.2) is 4.79 Å². The molecule has 0 saturated carbocycles. The summed E-state index contributed by atoms with van der Waals surface area (Å²) in [5.74, 6) is 5.21. The largest absolute Gasteiger partial charge is 0.369 e. The average molecular weight is 374 g/mol. The first-order chi connectivity index (χ1) is 13.4. The van der Waals surface area contributed by atoms with Crippen LogP contribution in [-0.4, -0.2) is 50.9 Å². The molecule has 0 spiro atoms. The first-order valence-corrected chi connectivity index (χ1v) is 8.78. The van der Waals surface area contributed by atoms with Crippen molar-refractivity contribution in [3.8, 4) is 23.1 Å². The van der Waals surface area contributed by atoms with Gasteiger partial charge >= 0.3 is 6.03 Å². The summed E-state index contributed by atoms with van der Waals surface area (Å²) in [5.41, 5.74) is 6.40. The maximum atomic E-state index is 12.1. The lowest BCUT2D eigenvalue weighted by molar-refractivity contribution is -0.137. The van der Waals surface area contributed by atoms with Crippen LogP contribution in [0.1, 0.15) is 12.0 Å². The average Bonchev–Trinajstić information content (AvgIpc) is 3.21. The highest BCUT2D eigenvalue weighted by molar-refractivity contribution is 5.98. The Morgan fingerprint density at radius 1 is 1.25 bits per heavy atom. The Morgan fingerprint density at radius 2 is 2.04 bits per heavy atom. The fourth-order valence-electron chi connectivity index (χ4n) is 3.34. The minimum absolute atomic E-state index is 0.280. The molecule has 2 amide bonds. The number of amides is 2. The minimum atomic E-state index is -1.65. The predicted octanol–water partition coefficient (Wildman–Crippen LogP) is 1.57. The number of aliphatic hydroxyl groups is 1. The van der Waals surface area contributed by atoms with Crippen molar-refractivity contribution in [2.75, 3.05) is 13.6 Å². The summed E-state index contributed by atoms with van der Waals surface area (Å²) in [6, 6.07) is 13.9. The molecule has 1 aliphatic heterocycles. The number of carbonyl (C=O) groups is 2. The smallest absolute Gasteiger partial charge is 0.340 e. The van der Waals surface area contributed by atoms with Gasteiger partial charge in [-0.2, -0.15) is 9.78 Å². The molecule has 2 aromatic carbocycles. The molecule has 1 saturated heterocycles. The number of fused-ring (bicyclic) bond motifs is 1. The summed E-state index contributed by atoms with van der Waals surface area (Å²) in [6.07, 6.45) is 0.280. The van der Waals surface area contributed by atoms with Crippen LogP contribution in [0.5, 0.6) is 0 Å². The van der Waals surface area contributed by atoms with Crippen molar-refractivity contribution in [2.24, 2.45) is 5.73 Å². The molecule has 3 aromatic rings. The Morgan fingerprint density at radius 3 is 2.75 bits per heavy atom. The van der Waals surface area contributed by atoms with Crippen LogP contribution in [0, 0.1) is 11.8 Å². The van der Waals surface area contributed by atoms with Crippen LogP contribution in [0.4, 0.5) is 4.79 Å². The molecule has 1 atom stereocenters. The van der Waals surface area contributed by atoms with Gasteiger partial charge in [0.05, 0.1) is 5.52 Å². The molecule has 0 aliphatic carbocycles. The zero-order valence-corrected chi connectivity index (χ0v) is 15.2. The topological polar surface area (TPSA) is 101 Å². The van der Waals surface area contributed by atoms with Crippen molar-refractivity contribution in [1.82, 2.24) is 14.7 Å². The van der Waals surface area contributed by atoms with Gasteiger partial charge in [-0.05, 0) is 18.2 Å². The number of nitrogens with two attached hydrogens (primary N) is 1. The molecule has 28 heavy (non-hydrogen) atoms. The number of aromatic nitrogens is 2. The third kappa shape index (κ3) is 2.90. The first-order valence-electron chi connectivity index (χ1n) is 8.78.